The Morgan fingerprint density at radius 2 is 1.87 bits per heavy atom. The molecule has 8 heteroatoms. The van der Waals surface area contributed by atoms with Crippen LogP contribution >= 0.6 is 24.0 Å². The van der Waals surface area contributed by atoms with Crippen molar-refractivity contribution in [3.63, 3.8) is 0 Å². The first-order chi connectivity index (χ1) is 14.7. The van der Waals surface area contributed by atoms with Gasteiger partial charge in [0.15, 0.2) is 5.96 Å². The summed E-state index contributed by atoms with van der Waals surface area (Å²) in [7, 11) is 0. The van der Waals surface area contributed by atoms with Gasteiger partial charge in [0.2, 0.25) is 0 Å². The summed E-state index contributed by atoms with van der Waals surface area (Å²) in [5, 5.41) is 11.0. The van der Waals surface area contributed by atoms with E-state index in [4.69, 9.17) is 4.99 Å². The van der Waals surface area contributed by atoms with Gasteiger partial charge in [0, 0.05) is 30.8 Å². The molecule has 0 atom stereocenters. The van der Waals surface area contributed by atoms with Gasteiger partial charge in [-0.15, -0.1) is 24.0 Å². The molecule has 31 heavy (non-hydrogen) atoms. The quantitative estimate of drug-likeness (QED) is 0.217. The molecule has 0 aliphatic heterocycles. The minimum atomic E-state index is 0. The maximum atomic E-state index is 4.79. The van der Waals surface area contributed by atoms with Crippen molar-refractivity contribution in [2.24, 2.45) is 4.99 Å². The van der Waals surface area contributed by atoms with Crippen molar-refractivity contribution >= 4 is 35.6 Å². The van der Waals surface area contributed by atoms with E-state index in [2.05, 4.69) is 75.5 Å². The molecule has 0 amide bonds. The lowest BCUT2D eigenvalue weighted by molar-refractivity contribution is 0.680. The minimum Gasteiger partial charge on any atom is -0.357 e. The van der Waals surface area contributed by atoms with Crippen molar-refractivity contribution in [3.05, 3.63) is 89.6 Å². The lowest BCUT2D eigenvalue weighted by Gasteiger charge is -2.12. The molecular weight excluding hydrogens is 501 g/mol. The molecule has 4 aromatic rings. The highest BCUT2D eigenvalue weighted by Gasteiger charge is 2.06. The van der Waals surface area contributed by atoms with Gasteiger partial charge in [0.1, 0.15) is 5.65 Å². The molecule has 0 unspecified atom stereocenters. The summed E-state index contributed by atoms with van der Waals surface area (Å²) in [5.74, 6) is 0.778. The number of pyridine rings is 1. The Labute approximate surface area is 199 Å². The molecule has 2 N–H and O–H groups in total. The van der Waals surface area contributed by atoms with Gasteiger partial charge < -0.3 is 15.0 Å². The van der Waals surface area contributed by atoms with Gasteiger partial charge in [-0.05, 0) is 43.2 Å². The first-order valence-corrected chi connectivity index (χ1v) is 10.2. The van der Waals surface area contributed by atoms with Gasteiger partial charge in [-0.1, -0.05) is 30.3 Å². The number of nitrogens with one attached hydrogen (secondary N) is 2. The van der Waals surface area contributed by atoms with Crippen molar-refractivity contribution in [2.75, 3.05) is 6.54 Å². The van der Waals surface area contributed by atoms with Crippen LogP contribution in [0.1, 0.15) is 29.4 Å². The summed E-state index contributed by atoms with van der Waals surface area (Å²) in [6, 6.07) is 16.4. The number of hydrogen-bond acceptors (Lipinski definition) is 3. The number of imidazole rings is 1. The van der Waals surface area contributed by atoms with Crippen molar-refractivity contribution < 1.29 is 0 Å². The third kappa shape index (κ3) is 5.84. The van der Waals surface area contributed by atoms with Gasteiger partial charge in [0.05, 0.1) is 25.3 Å². The molecule has 0 radical (unpaired) electrons. The molecule has 0 fully saturated rings. The van der Waals surface area contributed by atoms with Crippen LogP contribution in [0.15, 0.2) is 72.1 Å². The number of aryl methyl sites for hydroxylation is 1. The van der Waals surface area contributed by atoms with Crippen LogP contribution in [0.4, 0.5) is 0 Å². The molecule has 3 heterocycles. The first kappa shape index (κ1) is 22.8. The first-order valence-electron chi connectivity index (χ1n) is 10.2. The van der Waals surface area contributed by atoms with Gasteiger partial charge in [-0.25, -0.2) is 9.98 Å². The molecule has 162 valence electrons. The Balaban J connectivity index is 0.00000272. The number of hydrogen-bond donors (Lipinski definition) is 2. The van der Waals surface area contributed by atoms with E-state index in [1.807, 2.05) is 29.1 Å². The van der Waals surface area contributed by atoms with Crippen LogP contribution < -0.4 is 10.6 Å². The summed E-state index contributed by atoms with van der Waals surface area (Å²) in [4.78, 5) is 9.48. The average molecular weight is 529 g/mol. The van der Waals surface area contributed by atoms with Crippen molar-refractivity contribution in [1.82, 2.24) is 29.8 Å². The molecule has 0 bridgehead atoms. The third-order valence-corrected chi connectivity index (χ3v) is 4.94. The highest BCUT2D eigenvalue weighted by atomic mass is 127. The van der Waals surface area contributed by atoms with E-state index in [1.165, 1.54) is 16.8 Å². The largest absolute Gasteiger partial charge is 0.357 e. The van der Waals surface area contributed by atoms with Gasteiger partial charge in [0.25, 0.3) is 0 Å². The predicted molar refractivity (Wildman–Crippen MR) is 135 cm³/mol. The summed E-state index contributed by atoms with van der Waals surface area (Å²) >= 11 is 0. The Morgan fingerprint density at radius 1 is 1.03 bits per heavy atom. The number of benzene rings is 1. The molecule has 0 aliphatic carbocycles. The summed E-state index contributed by atoms with van der Waals surface area (Å²) in [6.07, 6.45) is 5.84. The second kappa shape index (κ2) is 10.9. The third-order valence-electron chi connectivity index (χ3n) is 4.94. The van der Waals surface area contributed by atoms with E-state index in [9.17, 15) is 0 Å². The van der Waals surface area contributed by atoms with E-state index < -0.39 is 0 Å². The van der Waals surface area contributed by atoms with Crippen LogP contribution in [0.5, 0.6) is 0 Å². The summed E-state index contributed by atoms with van der Waals surface area (Å²) in [5.41, 5.74) is 5.51. The minimum absolute atomic E-state index is 0. The fourth-order valence-electron chi connectivity index (χ4n) is 3.40. The van der Waals surface area contributed by atoms with Crippen molar-refractivity contribution in [2.45, 2.75) is 33.5 Å². The normalized spacial score (nSPS) is 11.4. The number of nitrogens with zero attached hydrogens (tertiary/aromatic N) is 5. The van der Waals surface area contributed by atoms with E-state index in [1.54, 1.807) is 6.20 Å². The fraction of sp³-hybridized carbons (Fsp3) is 0.261. The van der Waals surface area contributed by atoms with E-state index in [0.29, 0.717) is 13.1 Å². The fourth-order valence-corrected chi connectivity index (χ4v) is 3.40. The van der Waals surface area contributed by atoms with Crippen LogP contribution in [0.25, 0.3) is 5.65 Å². The monoisotopic (exact) mass is 529 g/mol. The van der Waals surface area contributed by atoms with Crippen molar-refractivity contribution in [1.29, 1.82) is 0 Å². The Hall–Kier alpha value is -2.88. The molecule has 7 nitrogen and oxygen atoms in total. The average Bonchev–Trinajstić information content (AvgIpc) is 3.41. The van der Waals surface area contributed by atoms with Crippen LogP contribution in [0, 0.1) is 6.92 Å². The highest BCUT2D eigenvalue weighted by molar-refractivity contribution is 14.0. The topological polar surface area (TPSA) is 71.5 Å². The lowest BCUT2D eigenvalue weighted by atomic mass is 10.1. The maximum absolute atomic E-state index is 4.79. The highest BCUT2D eigenvalue weighted by Crippen LogP contribution is 2.12. The standard InChI is InChI=1S/C23H27N7.HI/c1-3-24-23(26-15-21-17-30-18(2)8-6-11-22(30)28-21)25-14-19-9-4-5-10-20(19)16-29-13-7-12-27-29;/h4-13,17H,3,14-16H2,1-2H3,(H2,24,25,26);1H. The molecule has 4 rings (SSSR count). The van der Waals surface area contributed by atoms with Crippen LogP contribution in [-0.2, 0) is 19.6 Å². The number of aromatic nitrogens is 4. The molecule has 0 saturated carbocycles. The summed E-state index contributed by atoms with van der Waals surface area (Å²) in [6.45, 7) is 6.89. The van der Waals surface area contributed by atoms with Crippen LogP contribution in [0.2, 0.25) is 0 Å². The number of rotatable bonds is 7. The SMILES string of the molecule is CCNC(=NCc1ccccc1Cn1cccn1)NCc1cn2c(C)cccc2n1.I. The van der Waals surface area contributed by atoms with E-state index in [-0.39, 0.29) is 24.0 Å². The second-order valence-corrected chi connectivity index (χ2v) is 7.15. The van der Waals surface area contributed by atoms with Crippen LogP contribution in [-0.4, -0.2) is 31.7 Å². The Bertz CT molecular complexity index is 1130. The smallest absolute Gasteiger partial charge is 0.191 e. The number of guanidine groups is 1. The second-order valence-electron chi connectivity index (χ2n) is 7.15. The zero-order valence-corrected chi connectivity index (χ0v) is 20.2. The summed E-state index contributed by atoms with van der Waals surface area (Å²) < 4.78 is 4.03. The molecule has 0 aliphatic rings. The Morgan fingerprint density at radius 3 is 2.61 bits per heavy atom. The molecule has 0 spiro atoms. The van der Waals surface area contributed by atoms with Gasteiger partial charge >= 0.3 is 0 Å². The zero-order valence-electron chi connectivity index (χ0n) is 17.8. The van der Waals surface area contributed by atoms with Crippen LogP contribution in [0.3, 0.4) is 0 Å². The van der Waals surface area contributed by atoms with Gasteiger partial charge in [-0.3, -0.25) is 4.68 Å². The van der Waals surface area contributed by atoms with Crippen molar-refractivity contribution in [3.8, 4) is 0 Å². The number of fused-ring (bicyclic) bond motifs is 1. The molecule has 3 aromatic heterocycles. The van der Waals surface area contributed by atoms with E-state index >= 15 is 0 Å². The van der Waals surface area contributed by atoms with E-state index in [0.717, 1.165) is 30.4 Å². The molecular formula is C23H28IN7. The predicted octanol–water partition coefficient (Wildman–Crippen LogP) is 3.76. The maximum Gasteiger partial charge on any atom is 0.191 e. The van der Waals surface area contributed by atoms with Gasteiger partial charge in [-0.2, -0.15) is 5.10 Å². The number of aliphatic imine (C=N–C) groups is 1. The molecule has 0 saturated heterocycles. The Kier molecular flexibility index (Phi) is 8.05. The molecule has 1 aromatic carbocycles. The lowest BCUT2D eigenvalue weighted by Crippen LogP contribution is -2.36. The zero-order chi connectivity index (χ0) is 20.8. The number of halogens is 1.